The Morgan fingerprint density at radius 2 is 2.22 bits per heavy atom. The lowest BCUT2D eigenvalue weighted by Gasteiger charge is -2.32. The number of nitrogens with zero attached hydrogens (tertiary/aromatic N) is 4. The van der Waals surface area contributed by atoms with Crippen molar-refractivity contribution in [3.8, 4) is 0 Å². The van der Waals surface area contributed by atoms with Gasteiger partial charge in [0.05, 0.1) is 18.3 Å². The van der Waals surface area contributed by atoms with Crippen molar-refractivity contribution in [2.45, 2.75) is 51.1 Å². The van der Waals surface area contributed by atoms with E-state index in [9.17, 15) is 4.79 Å². The maximum absolute atomic E-state index is 11.8. The number of hydrogen-bond acceptors (Lipinski definition) is 6. The Hall–Kier alpha value is -1.96. The quantitative estimate of drug-likeness (QED) is 0.897. The summed E-state index contributed by atoms with van der Waals surface area (Å²) in [5.41, 5.74) is 0.929. The molecule has 2 aromatic rings. The zero-order valence-electron chi connectivity index (χ0n) is 13.8. The average molecular weight is 334 g/mol. The third kappa shape index (κ3) is 3.52. The summed E-state index contributed by atoms with van der Waals surface area (Å²) in [6, 6.07) is -0.0235. The molecule has 2 aromatic heterocycles. The average Bonchev–Trinajstić information content (AvgIpc) is 3.09. The topological polar surface area (TPSA) is 84.7 Å². The minimum absolute atomic E-state index is 0.0695. The molecule has 0 radical (unpaired) electrons. The monoisotopic (exact) mass is 334 g/mol. The van der Waals surface area contributed by atoms with Crippen molar-refractivity contribution >= 4 is 22.6 Å². The second-order valence-electron chi connectivity index (χ2n) is 6.96. The third-order valence-electron chi connectivity index (χ3n) is 3.89. The fourth-order valence-electron chi connectivity index (χ4n) is 2.62. The van der Waals surface area contributed by atoms with E-state index in [0.717, 1.165) is 22.9 Å². The zero-order valence-corrected chi connectivity index (χ0v) is 14.6. The van der Waals surface area contributed by atoms with E-state index in [0.29, 0.717) is 6.42 Å². The molecule has 0 spiro atoms. The van der Waals surface area contributed by atoms with Crippen molar-refractivity contribution in [3.63, 3.8) is 0 Å². The third-order valence-corrected chi connectivity index (χ3v) is 4.54. The highest BCUT2D eigenvalue weighted by atomic mass is 32.1. The summed E-state index contributed by atoms with van der Waals surface area (Å²) in [5, 5.41) is 11.5. The second kappa shape index (κ2) is 5.92. The molecule has 3 heterocycles. The van der Waals surface area contributed by atoms with Gasteiger partial charge in [-0.15, -0.1) is 0 Å². The molecule has 23 heavy (non-hydrogen) atoms. The van der Waals surface area contributed by atoms with Gasteiger partial charge in [0.15, 0.2) is 0 Å². The normalized spacial score (nSPS) is 22.0. The first kappa shape index (κ1) is 15.9. The van der Waals surface area contributed by atoms with Crippen molar-refractivity contribution in [2.75, 3.05) is 5.32 Å². The van der Waals surface area contributed by atoms with Gasteiger partial charge in [0.25, 0.3) is 0 Å². The van der Waals surface area contributed by atoms with E-state index in [1.807, 2.05) is 13.2 Å². The molecule has 0 unspecified atom stereocenters. The molecular weight excluding hydrogens is 312 g/mol. The number of nitrogens with one attached hydrogen (secondary N) is 2. The van der Waals surface area contributed by atoms with Crippen molar-refractivity contribution in [3.05, 3.63) is 23.8 Å². The Labute approximate surface area is 139 Å². The van der Waals surface area contributed by atoms with Crippen LogP contribution in [0.1, 0.15) is 51.0 Å². The van der Waals surface area contributed by atoms with Gasteiger partial charge >= 0.3 is 0 Å². The molecule has 0 aromatic carbocycles. The Kier molecular flexibility index (Phi) is 4.09. The predicted molar refractivity (Wildman–Crippen MR) is 89.3 cm³/mol. The van der Waals surface area contributed by atoms with E-state index in [1.54, 1.807) is 10.9 Å². The number of aromatic nitrogens is 4. The molecule has 1 aliphatic rings. The zero-order chi connectivity index (χ0) is 16.6. The lowest BCUT2D eigenvalue weighted by Crippen LogP contribution is -2.45. The van der Waals surface area contributed by atoms with E-state index < -0.39 is 0 Å². The van der Waals surface area contributed by atoms with Crippen LogP contribution < -0.4 is 10.6 Å². The van der Waals surface area contributed by atoms with Crippen molar-refractivity contribution in [2.24, 2.45) is 7.05 Å². The number of piperidine rings is 1. The van der Waals surface area contributed by atoms with Crippen LogP contribution in [0.4, 0.5) is 5.13 Å². The SMILES string of the molecule is Cn1cc([C@@H]2NC(=O)CC[C@H]2Nc2nc(C(C)(C)C)ns2)cn1. The van der Waals surface area contributed by atoms with E-state index in [-0.39, 0.29) is 23.4 Å². The number of aryl methyl sites for hydroxylation is 1. The van der Waals surface area contributed by atoms with Crippen LogP contribution in [0.25, 0.3) is 0 Å². The molecule has 0 saturated carbocycles. The maximum atomic E-state index is 11.8. The molecule has 3 rings (SSSR count). The first-order valence-electron chi connectivity index (χ1n) is 7.71. The Morgan fingerprint density at radius 1 is 1.43 bits per heavy atom. The fourth-order valence-corrected chi connectivity index (χ4v) is 3.44. The maximum Gasteiger partial charge on any atom is 0.220 e. The smallest absolute Gasteiger partial charge is 0.220 e. The van der Waals surface area contributed by atoms with Crippen LogP contribution in [0, 0.1) is 0 Å². The van der Waals surface area contributed by atoms with Gasteiger partial charge in [-0.2, -0.15) is 9.47 Å². The molecule has 1 aliphatic heterocycles. The van der Waals surface area contributed by atoms with Crippen LogP contribution in [0.5, 0.6) is 0 Å². The summed E-state index contributed by atoms with van der Waals surface area (Å²) in [4.78, 5) is 16.4. The summed E-state index contributed by atoms with van der Waals surface area (Å²) in [6.45, 7) is 6.29. The fraction of sp³-hybridized carbons (Fsp3) is 0.600. The van der Waals surface area contributed by atoms with Gasteiger partial charge in [0, 0.05) is 42.2 Å². The summed E-state index contributed by atoms with van der Waals surface area (Å²) in [7, 11) is 1.87. The highest BCUT2D eigenvalue weighted by Gasteiger charge is 2.31. The standard InChI is InChI=1S/C15H22N6OS/c1-15(2,3)13-19-14(23-20-13)17-10-5-6-11(22)18-12(10)9-7-16-21(4)8-9/h7-8,10,12H,5-6H2,1-4H3,(H,18,22)(H,17,19,20)/t10-,12+/m1/s1. The van der Waals surface area contributed by atoms with Crippen LogP contribution >= 0.6 is 11.5 Å². The Balaban J connectivity index is 1.79. The molecule has 2 N–H and O–H groups in total. The van der Waals surface area contributed by atoms with Gasteiger partial charge in [0.1, 0.15) is 5.82 Å². The van der Waals surface area contributed by atoms with Gasteiger partial charge in [-0.25, -0.2) is 4.98 Å². The summed E-state index contributed by atoms with van der Waals surface area (Å²) >= 11 is 1.37. The summed E-state index contributed by atoms with van der Waals surface area (Å²) in [6.07, 6.45) is 5.01. The highest BCUT2D eigenvalue weighted by molar-refractivity contribution is 7.09. The van der Waals surface area contributed by atoms with Crippen LogP contribution in [-0.2, 0) is 17.3 Å². The summed E-state index contributed by atoms with van der Waals surface area (Å²) < 4.78 is 6.18. The number of hydrogen-bond donors (Lipinski definition) is 2. The van der Waals surface area contributed by atoms with E-state index in [1.165, 1.54) is 11.5 Å². The van der Waals surface area contributed by atoms with Crippen LogP contribution in [-0.4, -0.2) is 31.1 Å². The van der Waals surface area contributed by atoms with E-state index in [4.69, 9.17) is 0 Å². The Morgan fingerprint density at radius 3 is 2.83 bits per heavy atom. The molecule has 1 saturated heterocycles. The number of amides is 1. The van der Waals surface area contributed by atoms with E-state index >= 15 is 0 Å². The van der Waals surface area contributed by atoms with Crippen LogP contribution in [0.2, 0.25) is 0 Å². The van der Waals surface area contributed by atoms with Crippen LogP contribution in [0.3, 0.4) is 0 Å². The largest absolute Gasteiger partial charge is 0.355 e. The summed E-state index contributed by atoms with van der Waals surface area (Å²) in [5.74, 6) is 0.910. The molecule has 124 valence electrons. The van der Waals surface area contributed by atoms with Crippen molar-refractivity contribution in [1.29, 1.82) is 0 Å². The van der Waals surface area contributed by atoms with Gasteiger partial charge in [-0.1, -0.05) is 20.8 Å². The van der Waals surface area contributed by atoms with E-state index in [2.05, 4.69) is 45.9 Å². The van der Waals surface area contributed by atoms with Gasteiger partial charge < -0.3 is 10.6 Å². The highest BCUT2D eigenvalue weighted by Crippen LogP contribution is 2.29. The van der Waals surface area contributed by atoms with Gasteiger partial charge in [-0.05, 0) is 6.42 Å². The minimum Gasteiger partial charge on any atom is -0.355 e. The first-order chi connectivity index (χ1) is 10.8. The molecular formula is C15H22N6OS. The number of carbonyl (C=O) groups is 1. The van der Waals surface area contributed by atoms with Gasteiger partial charge in [-0.3, -0.25) is 9.48 Å². The van der Waals surface area contributed by atoms with Gasteiger partial charge in [0.2, 0.25) is 11.0 Å². The molecule has 2 atom stereocenters. The molecule has 0 bridgehead atoms. The molecule has 1 amide bonds. The first-order valence-corrected chi connectivity index (χ1v) is 8.49. The molecule has 1 fully saturated rings. The number of carbonyl (C=O) groups excluding carboxylic acids is 1. The number of anilines is 1. The predicted octanol–water partition coefficient (Wildman–Crippen LogP) is 2.00. The van der Waals surface area contributed by atoms with Crippen molar-refractivity contribution in [1.82, 2.24) is 24.5 Å². The van der Waals surface area contributed by atoms with Crippen LogP contribution in [0.15, 0.2) is 12.4 Å². The lowest BCUT2D eigenvalue weighted by molar-refractivity contribution is -0.123. The lowest BCUT2D eigenvalue weighted by atomic mass is 9.94. The Bertz CT molecular complexity index is 701. The molecule has 7 nitrogen and oxygen atoms in total. The second-order valence-corrected chi connectivity index (χ2v) is 7.71. The molecule has 0 aliphatic carbocycles. The molecule has 8 heteroatoms. The minimum atomic E-state index is -0.105. The van der Waals surface area contributed by atoms with Crippen molar-refractivity contribution < 1.29 is 4.79 Å². The number of rotatable bonds is 3.